The number of aliphatic hydroxyl groups is 1. The molecule has 6 nitrogen and oxygen atoms in total. The molecule has 0 radical (unpaired) electrons. The molecule has 0 fully saturated rings. The number of hydrogen-bond donors (Lipinski definition) is 3. The van der Waals surface area contributed by atoms with E-state index < -0.39 is 22.6 Å². The number of benzene rings is 1. The molecule has 0 spiro atoms. The van der Waals surface area contributed by atoms with E-state index in [0.717, 1.165) is 47.6 Å². The molecule has 8 heteroatoms. The van der Waals surface area contributed by atoms with Crippen molar-refractivity contribution in [2.45, 2.75) is 61.7 Å². The normalized spacial score (nSPS) is 19.0. The Labute approximate surface area is 184 Å². The number of urea groups is 1. The topological polar surface area (TPSA) is 95.7 Å². The first kappa shape index (κ1) is 21.5. The number of carbonyl (C=O) groups is 1. The summed E-state index contributed by atoms with van der Waals surface area (Å²) in [7, 11) is 0.564. The Bertz CT molecular complexity index is 1010. The molecule has 1 aromatic carbocycles. The van der Waals surface area contributed by atoms with Gasteiger partial charge in [-0.3, -0.25) is 0 Å². The molecule has 4 N–H and O–H groups in total. The third-order valence-corrected chi connectivity index (χ3v) is 8.77. The Kier molecular flexibility index (Phi) is 5.78. The van der Waals surface area contributed by atoms with Crippen LogP contribution in [-0.4, -0.2) is 33.2 Å². The zero-order valence-electron chi connectivity index (χ0n) is 17.7. The third-order valence-electron chi connectivity index (χ3n) is 6.16. The Hall–Kier alpha value is -1.74. The summed E-state index contributed by atoms with van der Waals surface area (Å²) in [5.41, 5.74) is 11.2. The monoisotopic (exact) mass is 447 g/mol. The van der Waals surface area contributed by atoms with Crippen LogP contribution in [0.3, 0.4) is 0 Å². The largest absolute Gasteiger partial charge is 0.386 e. The van der Waals surface area contributed by atoms with Gasteiger partial charge in [0.05, 0.1) is 5.60 Å². The molecule has 0 saturated heterocycles. The van der Waals surface area contributed by atoms with E-state index in [0.29, 0.717) is 6.54 Å². The first-order valence-corrected chi connectivity index (χ1v) is 12.3. The fourth-order valence-corrected chi connectivity index (χ4v) is 7.18. The minimum absolute atomic E-state index is 0.190. The summed E-state index contributed by atoms with van der Waals surface area (Å²) < 4.78 is 15.7. The highest BCUT2D eigenvalue weighted by molar-refractivity contribution is 7.85. The molecule has 30 heavy (non-hydrogen) atoms. The van der Waals surface area contributed by atoms with E-state index >= 15 is 0 Å². The van der Waals surface area contributed by atoms with Crippen molar-refractivity contribution in [1.82, 2.24) is 4.31 Å². The third kappa shape index (κ3) is 4.06. The average molecular weight is 448 g/mol. The molecular weight excluding hydrogens is 418 g/mol. The molecule has 2 amide bonds. The van der Waals surface area contributed by atoms with Gasteiger partial charge in [0.15, 0.2) is 0 Å². The van der Waals surface area contributed by atoms with Gasteiger partial charge in [-0.05, 0) is 85.2 Å². The lowest BCUT2D eigenvalue weighted by Gasteiger charge is -2.23. The number of nitrogens with two attached hydrogens (primary N) is 1. The van der Waals surface area contributed by atoms with Crippen molar-refractivity contribution in [1.29, 1.82) is 0 Å². The highest BCUT2D eigenvalue weighted by Gasteiger charge is 2.32. The van der Waals surface area contributed by atoms with Gasteiger partial charge in [0, 0.05) is 25.2 Å². The Morgan fingerprint density at radius 2 is 2.10 bits per heavy atom. The predicted molar refractivity (Wildman–Crippen MR) is 121 cm³/mol. The molecule has 162 valence electrons. The highest BCUT2D eigenvalue weighted by Crippen LogP contribution is 2.44. The number of hydrogen-bond acceptors (Lipinski definition) is 4. The Morgan fingerprint density at radius 1 is 1.33 bits per heavy atom. The molecule has 1 aromatic heterocycles. The van der Waals surface area contributed by atoms with Gasteiger partial charge in [0.25, 0.3) is 0 Å². The Morgan fingerprint density at radius 3 is 2.77 bits per heavy atom. The number of amides is 2. The number of likely N-dealkylation sites (N-methyl/N-ethyl adjacent to an activating group) is 1. The first-order valence-electron chi connectivity index (χ1n) is 10.3. The molecule has 2 unspecified atom stereocenters. The van der Waals surface area contributed by atoms with E-state index in [-0.39, 0.29) is 5.92 Å². The van der Waals surface area contributed by atoms with Crippen molar-refractivity contribution < 1.29 is 14.1 Å². The van der Waals surface area contributed by atoms with Gasteiger partial charge in [-0.25, -0.2) is 13.3 Å². The maximum atomic E-state index is 13.1. The molecule has 0 bridgehead atoms. The molecular formula is C22H29N3O3S2. The lowest BCUT2D eigenvalue weighted by Crippen LogP contribution is -2.27. The fraction of sp³-hybridized carbons (Fsp3) is 0.500. The second-order valence-electron chi connectivity index (χ2n) is 8.81. The van der Waals surface area contributed by atoms with Crippen molar-refractivity contribution in [2.24, 2.45) is 5.73 Å². The molecule has 0 aliphatic heterocycles. The lowest BCUT2D eigenvalue weighted by molar-refractivity contribution is 0.0789. The van der Waals surface area contributed by atoms with Crippen LogP contribution in [0, 0.1) is 0 Å². The van der Waals surface area contributed by atoms with Gasteiger partial charge in [-0.2, -0.15) is 0 Å². The van der Waals surface area contributed by atoms with E-state index in [1.165, 1.54) is 33.6 Å². The van der Waals surface area contributed by atoms with Crippen molar-refractivity contribution in [3.05, 3.63) is 45.3 Å². The lowest BCUT2D eigenvalue weighted by atomic mass is 9.93. The summed E-state index contributed by atoms with van der Waals surface area (Å²) in [6.07, 6.45) is 5.03. The summed E-state index contributed by atoms with van der Waals surface area (Å²) in [4.78, 5) is 11.7. The van der Waals surface area contributed by atoms with Crippen LogP contribution in [0.25, 0.3) is 0 Å². The van der Waals surface area contributed by atoms with Gasteiger partial charge in [-0.15, -0.1) is 11.3 Å². The molecule has 1 heterocycles. The molecule has 2 aromatic rings. The number of anilines is 1. The van der Waals surface area contributed by atoms with Crippen molar-refractivity contribution in [2.75, 3.05) is 18.9 Å². The van der Waals surface area contributed by atoms with E-state index in [1.54, 1.807) is 13.8 Å². The quantitative estimate of drug-likeness (QED) is 0.631. The number of primary amides is 1. The van der Waals surface area contributed by atoms with Crippen LogP contribution in [0.1, 0.15) is 60.4 Å². The minimum atomic E-state index is -1.30. The number of aryl methyl sites for hydroxylation is 2. The smallest absolute Gasteiger partial charge is 0.316 e. The number of fused-ring (bicyclic) bond motifs is 2. The highest BCUT2D eigenvalue weighted by atomic mass is 32.2. The average Bonchev–Trinajstić information content (AvgIpc) is 3.39. The van der Waals surface area contributed by atoms with Crippen molar-refractivity contribution in [3.63, 3.8) is 0 Å². The van der Waals surface area contributed by atoms with Crippen molar-refractivity contribution >= 4 is 34.0 Å². The maximum absolute atomic E-state index is 13.1. The van der Waals surface area contributed by atoms with Crippen LogP contribution in [-0.2, 0) is 35.8 Å². The number of thiophene rings is 1. The summed E-state index contributed by atoms with van der Waals surface area (Å²) in [5.74, 6) is 0.190. The van der Waals surface area contributed by atoms with E-state index in [1.807, 2.05) is 22.8 Å². The molecule has 2 atom stereocenters. The zero-order valence-corrected chi connectivity index (χ0v) is 19.3. The summed E-state index contributed by atoms with van der Waals surface area (Å²) >= 11 is 1.41. The van der Waals surface area contributed by atoms with Gasteiger partial charge < -0.3 is 16.2 Å². The van der Waals surface area contributed by atoms with Crippen LogP contribution in [0.4, 0.5) is 10.5 Å². The van der Waals surface area contributed by atoms with Crippen LogP contribution in [0.5, 0.6) is 0 Å². The Balaban J connectivity index is 1.58. The second kappa shape index (κ2) is 8.07. The number of nitrogens with one attached hydrogen (secondary N) is 1. The van der Waals surface area contributed by atoms with Crippen LogP contribution >= 0.6 is 11.3 Å². The number of carbonyl (C=O) groups excluding carboxylic acids is 1. The minimum Gasteiger partial charge on any atom is -0.386 e. The SMILES string of the molecule is CN(CC1CCc2cc3c(c(NC(N)=O)c21)CCC3)S(=O)c1cc(C(C)(C)O)cs1. The second-order valence-corrected chi connectivity index (χ2v) is 11.5. The van der Waals surface area contributed by atoms with Gasteiger partial charge in [-0.1, -0.05) is 6.07 Å². The van der Waals surface area contributed by atoms with Crippen LogP contribution in [0.15, 0.2) is 21.7 Å². The van der Waals surface area contributed by atoms with Gasteiger partial charge >= 0.3 is 6.03 Å². The maximum Gasteiger partial charge on any atom is 0.316 e. The van der Waals surface area contributed by atoms with E-state index in [2.05, 4.69) is 11.4 Å². The van der Waals surface area contributed by atoms with Crippen molar-refractivity contribution in [3.8, 4) is 0 Å². The predicted octanol–water partition coefficient (Wildman–Crippen LogP) is 3.64. The van der Waals surface area contributed by atoms with Gasteiger partial charge in [0.1, 0.15) is 15.2 Å². The van der Waals surface area contributed by atoms with Gasteiger partial charge in [0.2, 0.25) is 0 Å². The molecule has 4 rings (SSSR count). The standard InChI is InChI=1S/C22H29N3O3S2/c1-22(2,27)16-10-18(29-12-16)30(28)25(3)11-15-8-7-14-9-13-5-4-6-17(13)20(19(14)15)24-21(23)26/h9-10,12,15,27H,4-8,11H2,1-3H3,(H3,23,24,26). The molecule has 2 aliphatic rings. The molecule has 0 saturated carbocycles. The van der Waals surface area contributed by atoms with E-state index in [4.69, 9.17) is 5.73 Å². The number of nitrogens with zero attached hydrogens (tertiary/aromatic N) is 1. The fourth-order valence-electron chi connectivity index (χ4n) is 4.68. The summed E-state index contributed by atoms with van der Waals surface area (Å²) in [5, 5.41) is 15.0. The number of rotatable bonds is 6. The molecule has 2 aliphatic carbocycles. The van der Waals surface area contributed by atoms with Crippen LogP contribution in [0.2, 0.25) is 0 Å². The van der Waals surface area contributed by atoms with E-state index in [9.17, 15) is 14.1 Å². The first-order chi connectivity index (χ1) is 14.1. The summed E-state index contributed by atoms with van der Waals surface area (Å²) in [6, 6.07) is 3.60. The van der Waals surface area contributed by atoms with Crippen LogP contribution < -0.4 is 11.1 Å². The summed E-state index contributed by atoms with van der Waals surface area (Å²) in [6.45, 7) is 4.08. The zero-order chi connectivity index (χ0) is 21.6.